The smallest absolute Gasteiger partial charge is 0.0205 e. The van der Waals surface area contributed by atoms with Crippen LogP contribution in [-0.2, 0) is 6.54 Å². The molecule has 0 aliphatic rings. The second kappa shape index (κ2) is 7.02. The van der Waals surface area contributed by atoms with Crippen LogP contribution in [0.4, 0.5) is 0 Å². The lowest BCUT2D eigenvalue weighted by Crippen LogP contribution is -2.14. The number of nitrogens with one attached hydrogen (secondary N) is 1. The summed E-state index contributed by atoms with van der Waals surface area (Å²) in [7, 11) is 0. The molecule has 0 unspecified atom stereocenters. The van der Waals surface area contributed by atoms with E-state index in [0.717, 1.165) is 18.4 Å². The molecule has 0 atom stereocenters. The first-order valence-electron chi connectivity index (χ1n) is 5.57. The highest BCUT2D eigenvalue weighted by Gasteiger charge is 1.95. The summed E-state index contributed by atoms with van der Waals surface area (Å²) in [6.07, 6.45) is 2.50. The molecule has 0 bridgehead atoms. The standard InChI is InChI=1S/C13H20BrN/c1-11-5-6-13(9-12(11)2)10-15-8-4-3-7-14/h5-6,9,15H,3-4,7-8,10H2,1-2H3. The van der Waals surface area contributed by atoms with Gasteiger partial charge in [-0.3, -0.25) is 0 Å². The minimum absolute atomic E-state index is 0.989. The predicted molar refractivity (Wildman–Crippen MR) is 70.7 cm³/mol. The van der Waals surface area contributed by atoms with E-state index in [4.69, 9.17) is 0 Å². The van der Waals surface area contributed by atoms with Crippen molar-refractivity contribution in [1.82, 2.24) is 5.32 Å². The Morgan fingerprint density at radius 3 is 2.60 bits per heavy atom. The average molecular weight is 270 g/mol. The van der Waals surface area contributed by atoms with Gasteiger partial charge in [0.1, 0.15) is 0 Å². The van der Waals surface area contributed by atoms with E-state index < -0.39 is 0 Å². The van der Waals surface area contributed by atoms with Crippen LogP contribution in [0.25, 0.3) is 0 Å². The van der Waals surface area contributed by atoms with Crippen LogP contribution in [0.5, 0.6) is 0 Å². The molecule has 1 N–H and O–H groups in total. The average Bonchev–Trinajstić information content (AvgIpc) is 2.23. The minimum Gasteiger partial charge on any atom is -0.313 e. The second-order valence-electron chi connectivity index (χ2n) is 3.99. The molecule has 84 valence electrons. The molecule has 0 aliphatic heterocycles. The molecule has 0 heterocycles. The maximum absolute atomic E-state index is 3.46. The van der Waals surface area contributed by atoms with Crippen LogP contribution in [0.2, 0.25) is 0 Å². The topological polar surface area (TPSA) is 12.0 Å². The van der Waals surface area contributed by atoms with Gasteiger partial charge in [-0.25, -0.2) is 0 Å². The molecule has 0 spiro atoms. The SMILES string of the molecule is Cc1ccc(CNCCCCBr)cc1C. The molecule has 0 radical (unpaired) electrons. The van der Waals surface area contributed by atoms with Gasteiger partial charge in [0, 0.05) is 11.9 Å². The molecule has 0 fully saturated rings. The Balaban J connectivity index is 2.28. The van der Waals surface area contributed by atoms with Gasteiger partial charge in [0.25, 0.3) is 0 Å². The van der Waals surface area contributed by atoms with Gasteiger partial charge >= 0.3 is 0 Å². The Hall–Kier alpha value is -0.340. The van der Waals surface area contributed by atoms with E-state index in [1.165, 1.54) is 29.5 Å². The number of rotatable bonds is 6. The fraction of sp³-hybridized carbons (Fsp3) is 0.538. The van der Waals surface area contributed by atoms with E-state index in [-0.39, 0.29) is 0 Å². The second-order valence-corrected chi connectivity index (χ2v) is 4.78. The minimum atomic E-state index is 0.989. The quantitative estimate of drug-likeness (QED) is 0.615. The molecule has 1 nitrogen and oxygen atoms in total. The maximum atomic E-state index is 3.46. The van der Waals surface area contributed by atoms with Gasteiger partial charge in [-0.2, -0.15) is 0 Å². The Morgan fingerprint density at radius 2 is 1.93 bits per heavy atom. The van der Waals surface area contributed by atoms with Crippen molar-refractivity contribution in [2.24, 2.45) is 0 Å². The van der Waals surface area contributed by atoms with Gasteiger partial charge in [0.2, 0.25) is 0 Å². The number of alkyl halides is 1. The monoisotopic (exact) mass is 269 g/mol. The van der Waals surface area contributed by atoms with Crippen LogP contribution in [0.15, 0.2) is 18.2 Å². The maximum Gasteiger partial charge on any atom is 0.0205 e. The van der Waals surface area contributed by atoms with Crippen molar-refractivity contribution >= 4 is 15.9 Å². The molecule has 1 aromatic rings. The number of halogens is 1. The third-order valence-electron chi connectivity index (χ3n) is 2.64. The fourth-order valence-corrected chi connectivity index (χ4v) is 1.89. The van der Waals surface area contributed by atoms with E-state index >= 15 is 0 Å². The third-order valence-corrected chi connectivity index (χ3v) is 3.20. The molecule has 0 amide bonds. The first kappa shape index (κ1) is 12.7. The molecule has 0 saturated carbocycles. The van der Waals surface area contributed by atoms with Crippen LogP contribution in [0.1, 0.15) is 29.5 Å². The van der Waals surface area contributed by atoms with Crippen LogP contribution in [-0.4, -0.2) is 11.9 Å². The zero-order chi connectivity index (χ0) is 11.1. The van der Waals surface area contributed by atoms with Crippen LogP contribution < -0.4 is 5.32 Å². The van der Waals surface area contributed by atoms with Crippen molar-refractivity contribution in [3.8, 4) is 0 Å². The van der Waals surface area contributed by atoms with Crippen LogP contribution in [0.3, 0.4) is 0 Å². The first-order valence-corrected chi connectivity index (χ1v) is 6.69. The number of hydrogen-bond acceptors (Lipinski definition) is 1. The third kappa shape index (κ3) is 4.80. The first-order chi connectivity index (χ1) is 7.24. The summed E-state index contributed by atoms with van der Waals surface area (Å²) in [4.78, 5) is 0. The number of aryl methyl sites for hydroxylation is 2. The Morgan fingerprint density at radius 1 is 1.13 bits per heavy atom. The van der Waals surface area contributed by atoms with Crippen molar-refractivity contribution in [3.05, 3.63) is 34.9 Å². The molecule has 0 aromatic heterocycles. The van der Waals surface area contributed by atoms with E-state index in [1.54, 1.807) is 0 Å². The summed E-state index contributed by atoms with van der Waals surface area (Å²) in [6.45, 7) is 6.42. The molecule has 0 saturated heterocycles. The van der Waals surface area contributed by atoms with Gasteiger partial charge in [0.15, 0.2) is 0 Å². The van der Waals surface area contributed by atoms with Crippen molar-refractivity contribution in [2.45, 2.75) is 33.2 Å². The van der Waals surface area contributed by atoms with Gasteiger partial charge in [-0.15, -0.1) is 0 Å². The summed E-state index contributed by atoms with van der Waals surface area (Å²) in [5.74, 6) is 0. The van der Waals surface area contributed by atoms with Gasteiger partial charge in [-0.1, -0.05) is 34.1 Å². The normalized spacial score (nSPS) is 10.6. The van der Waals surface area contributed by atoms with Crippen molar-refractivity contribution in [1.29, 1.82) is 0 Å². The lowest BCUT2D eigenvalue weighted by Gasteiger charge is -2.06. The number of unbranched alkanes of at least 4 members (excludes halogenated alkanes) is 1. The highest BCUT2D eigenvalue weighted by molar-refractivity contribution is 9.09. The Labute approximate surface area is 101 Å². The van der Waals surface area contributed by atoms with Crippen LogP contribution >= 0.6 is 15.9 Å². The summed E-state index contributed by atoms with van der Waals surface area (Å²) in [5, 5.41) is 4.57. The van der Waals surface area contributed by atoms with E-state index in [9.17, 15) is 0 Å². The van der Waals surface area contributed by atoms with E-state index in [2.05, 4.69) is 53.3 Å². The highest BCUT2D eigenvalue weighted by Crippen LogP contribution is 2.09. The van der Waals surface area contributed by atoms with Gasteiger partial charge in [0.05, 0.1) is 0 Å². The fourth-order valence-electron chi connectivity index (χ4n) is 1.49. The van der Waals surface area contributed by atoms with E-state index in [1.807, 2.05) is 0 Å². The Kier molecular flexibility index (Phi) is 5.96. The highest BCUT2D eigenvalue weighted by atomic mass is 79.9. The molecular weight excluding hydrogens is 250 g/mol. The molecule has 2 heteroatoms. The van der Waals surface area contributed by atoms with Crippen molar-refractivity contribution in [2.75, 3.05) is 11.9 Å². The summed E-state index contributed by atoms with van der Waals surface area (Å²) >= 11 is 3.44. The summed E-state index contributed by atoms with van der Waals surface area (Å²) in [5.41, 5.74) is 4.14. The van der Waals surface area contributed by atoms with Gasteiger partial charge in [-0.05, 0) is 49.9 Å². The van der Waals surface area contributed by atoms with Crippen LogP contribution in [0, 0.1) is 13.8 Å². The molecular formula is C13H20BrN. The van der Waals surface area contributed by atoms with E-state index in [0.29, 0.717) is 0 Å². The number of hydrogen-bond donors (Lipinski definition) is 1. The lowest BCUT2D eigenvalue weighted by molar-refractivity contribution is 0.644. The zero-order valence-electron chi connectivity index (χ0n) is 9.65. The van der Waals surface area contributed by atoms with Crippen molar-refractivity contribution in [3.63, 3.8) is 0 Å². The largest absolute Gasteiger partial charge is 0.313 e. The predicted octanol–water partition coefficient (Wildman–Crippen LogP) is 3.57. The summed E-state index contributed by atoms with van der Waals surface area (Å²) < 4.78 is 0. The molecule has 1 aromatic carbocycles. The molecule has 1 rings (SSSR count). The zero-order valence-corrected chi connectivity index (χ0v) is 11.2. The molecule has 0 aliphatic carbocycles. The Bertz CT molecular complexity index is 297. The van der Waals surface area contributed by atoms with Gasteiger partial charge < -0.3 is 5.32 Å². The molecule has 15 heavy (non-hydrogen) atoms. The lowest BCUT2D eigenvalue weighted by atomic mass is 10.1. The summed E-state index contributed by atoms with van der Waals surface area (Å²) in [6, 6.07) is 6.68. The van der Waals surface area contributed by atoms with Crippen molar-refractivity contribution < 1.29 is 0 Å². The number of benzene rings is 1.